The number of aliphatic hydroxyl groups is 1. The highest BCUT2D eigenvalue weighted by Crippen LogP contribution is 2.31. The zero-order chi connectivity index (χ0) is 14.9. The van der Waals surface area contributed by atoms with E-state index in [1.54, 1.807) is 20.2 Å². The molecule has 0 bridgehead atoms. The summed E-state index contributed by atoms with van der Waals surface area (Å²) in [5, 5.41) is 10.3. The first kappa shape index (κ1) is 15.3. The number of nitrogens with one attached hydrogen (secondary N) is 1. The number of nitrogens with zero attached hydrogens (tertiary/aromatic N) is 1. The molecule has 112 valence electrons. The van der Waals surface area contributed by atoms with Crippen LogP contribution in [0.5, 0.6) is 0 Å². The number of methoxy groups -OCH3 is 2. The summed E-state index contributed by atoms with van der Waals surface area (Å²) in [7, 11) is 3.05. The maximum absolute atomic E-state index is 11.5. The molecule has 1 fully saturated rings. The van der Waals surface area contributed by atoms with Crippen molar-refractivity contribution in [3.8, 4) is 0 Å². The molecule has 0 aliphatic carbocycles. The van der Waals surface area contributed by atoms with Crippen LogP contribution >= 0.6 is 12.2 Å². The molecule has 0 aromatic carbocycles. The molecule has 1 aromatic rings. The standard InChI is InChI=1S/C12H18N2O5S/c1-6-4-14(12(20)13-10(6)16)11-8(15)9(18-3)7(19-11)5-17-2/h4,7-9,11,15H,5H2,1-3H3,(H,13,16,20)/t7-,8?,9+,11?/m1/s1. The van der Waals surface area contributed by atoms with Crippen LogP contribution in [0.3, 0.4) is 0 Å². The minimum atomic E-state index is -0.905. The van der Waals surface area contributed by atoms with E-state index in [4.69, 9.17) is 26.4 Å². The van der Waals surface area contributed by atoms with Crippen molar-refractivity contribution < 1.29 is 19.3 Å². The second kappa shape index (κ2) is 6.15. The van der Waals surface area contributed by atoms with Crippen molar-refractivity contribution in [3.63, 3.8) is 0 Å². The minimum absolute atomic E-state index is 0.192. The van der Waals surface area contributed by atoms with Crippen molar-refractivity contribution in [2.45, 2.75) is 31.5 Å². The molecule has 0 radical (unpaired) electrons. The van der Waals surface area contributed by atoms with Gasteiger partial charge in [-0.2, -0.15) is 0 Å². The summed E-state index contributed by atoms with van der Waals surface area (Å²) in [6, 6.07) is 0. The number of ether oxygens (including phenoxy) is 3. The topological polar surface area (TPSA) is 85.7 Å². The van der Waals surface area contributed by atoms with E-state index in [9.17, 15) is 9.90 Å². The first-order chi connectivity index (χ1) is 9.49. The predicted molar refractivity (Wildman–Crippen MR) is 73.2 cm³/mol. The smallest absolute Gasteiger partial charge is 0.254 e. The SMILES string of the molecule is COC[C@H]1OC(n2cc(C)c(=O)[nH]c2=S)C(O)[C@H]1OC. The van der Waals surface area contributed by atoms with Gasteiger partial charge in [0.05, 0.1) is 6.61 Å². The number of aromatic nitrogens is 2. The van der Waals surface area contributed by atoms with Crippen molar-refractivity contribution in [2.24, 2.45) is 0 Å². The third-order valence-corrected chi connectivity index (χ3v) is 3.65. The molecule has 1 aliphatic heterocycles. The second-order valence-corrected chi connectivity index (χ2v) is 5.08. The Morgan fingerprint density at radius 3 is 2.85 bits per heavy atom. The molecule has 20 heavy (non-hydrogen) atoms. The lowest BCUT2D eigenvalue weighted by atomic mass is 10.1. The maximum atomic E-state index is 11.5. The fraction of sp³-hybridized carbons (Fsp3) is 0.667. The number of rotatable bonds is 4. The molecule has 4 atom stereocenters. The number of aliphatic hydroxyl groups excluding tert-OH is 1. The van der Waals surface area contributed by atoms with Crippen LogP contribution < -0.4 is 5.56 Å². The molecular formula is C12H18N2O5S. The van der Waals surface area contributed by atoms with Crippen LogP contribution in [0, 0.1) is 11.7 Å². The average Bonchev–Trinajstić information content (AvgIpc) is 2.71. The molecule has 2 rings (SSSR count). The van der Waals surface area contributed by atoms with Gasteiger partial charge in [0.15, 0.2) is 11.0 Å². The zero-order valence-corrected chi connectivity index (χ0v) is 12.3. The van der Waals surface area contributed by atoms with Crippen molar-refractivity contribution in [3.05, 3.63) is 26.9 Å². The van der Waals surface area contributed by atoms with Gasteiger partial charge in [0.2, 0.25) is 0 Å². The molecule has 2 N–H and O–H groups in total. The van der Waals surface area contributed by atoms with Crippen LogP contribution in [0.4, 0.5) is 0 Å². The highest BCUT2D eigenvalue weighted by molar-refractivity contribution is 7.71. The van der Waals surface area contributed by atoms with Gasteiger partial charge in [0.1, 0.15) is 18.3 Å². The first-order valence-electron chi connectivity index (χ1n) is 6.17. The van der Waals surface area contributed by atoms with E-state index in [0.29, 0.717) is 12.2 Å². The third-order valence-electron chi connectivity index (χ3n) is 3.33. The molecular weight excluding hydrogens is 284 g/mol. The lowest BCUT2D eigenvalue weighted by Crippen LogP contribution is -2.35. The molecule has 1 aliphatic rings. The average molecular weight is 302 g/mol. The van der Waals surface area contributed by atoms with E-state index in [1.807, 2.05) is 0 Å². The largest absolute Gasteiger partial charge is 0.386 e. The normalized spacial score (nSPS) is 29.8. The van der Waals surface area contributed by atoms with Crippen LogP contribution in [0.1, 0.15) is 11.8 Å². The monoisotopic (exact) mass is 302 g/mol. The molecule has 7 nitrogen and oxygen atoms in total. The number of aromatic amines is 1. The van der Waals surface area contributed by atoms with E-state index in [-0.39, 0.29) is 10.3 Å². The van der Waals surface area contributed by atoms with Gasteiger partial charge in [-0.25, -0.2) is 0 Å². The summed E-state index contributed by atoms with van der Waals surface area (Å²) in [6.07, 6.45) is -0.981. The van der Waals surface area contributed by atoms with E-state index in [1.165, 1.54) is 11.7 Å². The number of H-pyrrole nitrogens is 1. The highest BCUT2D eigenvalue weighted by atomic mass is 32.1. The fourth-order valence-corrected chi connectivity index (χ4v) is 2.56. The summed E-state index contributed by atoms with van der Waals surface area (Å²) in [6.45, 7) is 1.95. The van der Waals surface area contributed by atoms with Crippen molar-refractivity contribution in [1.29, 1.82) is 0 Å². The Hall–Kier alpha value is -1.06. The molecule has 0 saturated carbocycles. The Labute approximate surface area is 121 Å². The molecule has 1 saturated heterocycles. The van der Waals surface area contributed by atoms with E-state index in [0.717, 1.165) is 0 Å². The summed E-state index contributed by atoms with van der Waals surface area (Å²) >= 11 is 5.11. The van der Waals surface area contributed by atoms with Gasteiger partial charge in [-0.1, -0.05) is 0 Å². The van der Waals surface area contributed by atoms with Gasteiger partial charge in [0, 0.05) is 26.0 Å². The van der Waals surface area contributed by atoms with Gasteiger partial charge in [0.25, 0.3) is 5.56 Å². The van der Waals surface area contributed by atoms with Gasteiger partial charge in [-0.15, -0.1) is 0 Å². The first-order valence-corrected chi connectivity index (χ1v) is 6.57. The maximum Gasteiger partial charge on any atom is 0.254 e. The van der Waals surface area contributed by atoms with Gasteiger partial charge >= 0.3 is 0 Å². The van der Waals surface area contributed by atoms with Crippen LogP contribution in [0.2, 0.25) is 0 Å². The van der Waals surface area contributed by atoms with Crippen molar-refractivity contribution >= 4 is 12.2 Å². The molecule has 0 amide bonds. The van der Waals surface area contributed by atoms with E-state index < -0.39 is 24.5 Å². The number of hydrogen-bond acceptors (Lipinski definition) is 6. The summed E-state index contributed by atoms with van der Waals surface area (Å²) in [5.41, 5.74) is 0.231. The predicted octanol–water partition coefficient (Wildman–Crippen LogP) is 0.134. The van der Waals surface area contributed by atoms with E-state index >= 15 is 0 Å². The van der Waals surface area contributed by atoms with Gasteiger partial charge in [-0.3, -0.25) is 14.3 Å². The molecule has 8 heteroatoms. The fourth-order valence-electron chi connectivity index (χ4n) is 2.31. The summed E-state index contributed by atoms with van der Waals surface area (Å²) in [5.74, 6) is 0. The van der Waals surface area contributed by atoms with Gasteiger partial charge < -0.3 is 19.3 Å². The Balaban J connectivity index is 2.36. The minimum Gasteiger partial charge on any atom is -0.386 e. The highest BCUT2D eigenvalue weighted by Gasteiger charge is 2.45. The molecule has 0 spiro atoms. The van der Waals surface area contributed by atoms with Crippen molar-refractivity contribution in [1.82, 2.24) is 9.55 Å². The van der Waals surface area contributed by atoms with Crippen LogP contribution in [-0.4, -0.2) is 53.8 Å². The second-order valence-electron chi connectivity index (χ2n) is 4.69. The van der Waals surface area contributed by atoms with Gasteiger partial charge in [-0.05, 0) is 19.1 Å². The Kier molecular flexibility index (Phi) is 4.71. The molecule has 1 aromatic heterocycles. The lowest BCUT2D eigenvalue weighted by Gasteiger charge is -2.19. The van der Waals surface area contributed by atoms with Crippen LogP contribution in [-0.2, 0) is 14.2 Å². The Morgan fingerprint density at radius 2 is 2.25 bits per heavy atom. The zero-order valence-electron chi connectivity index (χ0n) is 11.5. The third kappa shape index (κ3) is 2.70. The number of aryl methyl sites for hydroxylation is 1. The summed E-state index contributed by atoms with van der Waals surface area (Å²) in [4.78, 5) is 14.0. The quantitative estimate of drug-likeness (QED) is 0.769. The Morgan fingerprint density at radius 1 is 1.55 bits per heavy atom. The molecule has 2 unspecified atom stereocenters. The lowest BCUT2D eigenvalue weighted by molar-refractivity contribution is -0.0635. The van der Waals surface area contributed by atoms with Crippen LogP contribution in [0.25, 0.3) is 0 Å². The van der Waals surface area contributed by atoms with Crippen LogP contribution in [0.15, 0.2) is 11.0 Å². The van der Waals surface area contributed by atoms with Crippen molar-refractivity contribution in [2.75, 3.05) is 20.8 Å². The Bertz CT molecular complexity index is 584. The number of hydrogen-bond donors (Lipinski definition) is 2. The summed E-state index contributed by atoms with van der Waals surface area (Å²) < 4.78 is 17.8. The molecule has 2 heterocycles. The van der Waals surface area contributed by atoms with E-state index in [2.05, 4.69) is 4.98 Å².